The molecule has 0 saturated heterocycles. The lowest BCUT2D eigenvalue weighted by Crippen LogP contribution is -2.22. The summed E-state index contributed by atoms with van der Waals surface area (Å²) >= 11 is 0. The van der Waals surface area contributed by atoms with Gasteiger partial charge < -0.3 is 11.1 Å². The van der Waals surface area contributed by atoms with E-state index in [1.807, 2.05) is 6.08 Å². The van der Waals surface area contributed by atoms with Gasteiger partial charge in [-0.3, -0.25) is 4.79 Å². The van der Waals surface area contributed by atoms with Gasteiger partial charge in [0, 0.05) is 6.54 Å². The molecule has 0 bridgehead atoms. The van der Waals surface area contributed by atoms with E-state index in [-0.39, 0.29) is 5.91 Å². The molecule has 0 unspecified atom stereocenters. The van der Waals surface area contributed by atoms with Crippen LogP contribution in [0.15, 0.2) is 11.8 Å². The fraction of sp³-hybridized carbons (Fsp3) is 0.400. The zero-order chi connectivity index (χ0) is 5.98. The second-order valence-corrected chi connectivity index (χ2v) is 1.70. The fourth-order valence-corrected chi connectivity index (χ4v) is 0.683. The molecule has 0 radical (unpaired) electrons. The second kappa shape index (κ2) is 1.86. The van der Waals surface area contributed by atoms with Crippen molar-refractivity contribution in [3.63, 3.8) is 0 Å². The highest BCUT2D eigenvalue weighted by atomic mass is 16.1. The first-order valence-electron chi connectivity index (χ1n) is 2.54. The molecular formula is C5H8N2O. The predicted octanol–water partition coefficient (Wildman–Crippen LogP) is -0.651. The van der Waals surface area contributed by atoms with Crippen molar-refractivity contribution in [2.75, 3.05) is 6.54 Å². The number of primary amides is 1. The predicted molar refractivity (Wildman–Crippen MR) is 29.9 cm³/mol. The van der Waals surface area contributed by atoms with Gasteiger partial charge in [0.1, 0.15) is 0 Å². The molecule has 0 fully saturated rings. The third-order valence-corrected chi connectivity index (χ3v) is 1.07. The van der Waals surface area contributed by atoms with E-state index in [9.17, 15) is 4.79 Å². The maximum absolute atomic E-state index is 10.3. The van der Waals surface area contributed by atoms with E-state index >= 15 is 0 Å². The van der Waals surface area contributed by atoms with Gasteiger partial charge in [-0.1, -0.05) is 6.08 Å². The summed E-state index contributed by atoms with van der Waals surface area (Å²) in [6.07, 6.45) is 2.72. The molecule has 1 aliphatic heterocycles. The molecule has 0 aromatic carbocycles. The van der Waals surface area contributed by atoms with Crippen molar-refractivity contribution in [2.24, 2.45) is 5.73 Å². The molecule has 1 rings (SSSR count). The fourth-order valence-electron chi connectivity index (χ4n) is 0.683. The van der Waals surface area contributed by atoms with E-state index in [0.717, 1.165) is 13.0 Å². The third-order valence-electron chi connectivity index (χ3n) is 1.07. The van der Waals surface area contributed by atoms with Gasteiger partial charge >= 0.3 is 0 Å². The van der Waals surface area contributed by atoms with Gasteiger partial charge in [-0.15, -0.1) is 0 Å². The molecular weight excluding hydrogens is 104 g/mol. The highest BCUT2D eigenvalue weighted by Crippen LogP contribution is 1.97. The number of carbonyl (C=O) groups excluding carboxylic acids is 1. The van der Waals surface area contributed by atoms with E-state index in [1.54, 1.807) is 0 Å². The molecule has 1 heterocycles. The first-order chi connectivity index (χ1) is 3.80. The quantitative estimate of drug-likeness (QED) is 0.473. The van der Waals surface area contributed by atoms with Crippen LogP contribution in [0, 0.1) is 0 Å². The molecule has 0 aromatic rings. The van der Waals surface area contributed by atoms with E-state index in [2.05, 4.69) is 5.32 Å². The van der Waals surface area contributed by atoms with Crippen LogP contribution < -0.4 is 11.1 Å². The van der Waals surface area contributed by atoms with Crippen LogP contribution in [0.4, 0.5) is 0 Å². The highest BCUT2D eigenvalue weighted by molar-refractivity contribution is 5.91. The summed E-state index contributed by atoms with van der Waals surface area (Å²) in [4.78, 5) is 10.3. The zero-order valence-electron chi connectivity index (χ0n) is 4.48. The Morgan fingerprint density at radius 1 is 1.88 bits per heavy atom. The molecule has 3 N–H and O–H groups in total. The van der Waals surface area contributed by atoms with Gasteiger partial charge in [-0.05, 0) is 6.42 Å². The minimum atomic E-state index is -0.359. The van der Waals surface area contributed by atoms with Crippen LogP contribution in [0.25, 0.3) is 0 Å². The van der Waals surface area contributed by atoms with Gasteiger partial charge in [0.2, 0.25) is 0 Å². The van der Waals surface area contributed by atoms with Crippen molar-refractivity contribution in [2.45, 2.75) is 6.42 Å². The van der Waals surface area contributed by atoms with Crippen LogP contribution in [0.5, 0.6) is 0 Å². The molecule has 0 aromatic heterocycles. The van der Waals surface area contributed by atoms with Crippen molar-refractivity contribution in [3.8, 4) is 0 Å². The smallest absolute Gasteiger partial charge is 0.264 e. The summed E-state index contributed by atoms with van der Waals surface area (Å²) in [7, 11) is 0. The molecule has 3 nitrogen and oxygen atoms in total. The molecule has 8 heavy (non-hydrogen) atoms. The van der Waals surface area contributed by atoms with E-state index in [0.29, 0.717) is 5.70 Å². The molecule has 0 saturated carbocycles. The highest BCUT2D eigenvalue weighted by Gasteiger charge is 2.06. The first-order valence-corrected chi connectivity index (χ1v) is 2.54. The molecule has 1 aliphatic rings. The summed E-state index contributed by atoms with van der Waals surface area (Å²) in [5, 5.41) is 2.84. The Balaban J connectivity index is 2.57. The van der Waals surface area contributed by atoms with Gasteiger partial charge in [0.05, 0.1) is 5.70 Å². The Morgan fingerprint density at radius 3 is 2.88 bits per heavy atom. The molecule has 0 spiro atoms. The number of carbonyl (C=O) groups is 1. The number of hydrogen-bond donors (Lipinski definition) is 2. The van der Waals surface area contributed by atoms with Gasteiger partial charge in [0.15, 0.2) is 0 Å². The third kappa shape index (κ3) is 0.804. The van der Waals surface area contributed by atoms with Crippen LogP contribution >= 0.6 is 0 Å². The standard InChI is InChI=1S/C5H8N2O/c6-5(8)4-2-1-3-7-4/h2,7H,1,3H2,(H2,6,8). The van der Waals surface area contributed by atoms with Crippen LogP contribution in [0.2, 0.25) is 0 Å². The molecule has 0 atom stereocenters. The number of hydrogen-bond acceptors (Lipinski definition) is 2. The van der Waals surface area contributed by atoms with Gasteiger partial charge in [-0.25, -0.2) is 0 Å². The van der Waals surface area contributed by atoms with Gasteiger partial charge in [0.25, 0.3) is 5.91 Å². The minimum absolute atomic E-state index is 0.359. The average Bonchev–Trinajstić information content (AvgIpc) is 2.12. The number of nitrogens with one attached hydrogen (secondary N) is 1. The number of rotatable bonds is 1. The minimum Gasteiger partial charge on any atom is -0.381 e. The average molecular weight is 112 g/mol. The number of amides is 1. The lowest BCUT2D eigenvalue weighted by atomic mass is 10.4. The lowest BCUT2D eigenvalue weighted by molar-refractivity contribution is -0.114. The maximum atomic E-state index is 10.3. The van der Waals surface area contributed by atoms with Crippen LogP contribution in [-0.4, -0.2) is 12.5 Å². The van der Waals surface area contributed by atoms with E-state index in [1.165, 1.54) is 0 Å². The summed E-state index contributed by atoms with van der Waals surface area (Å²) in [5.74, 6) is -0.359. The molecule has 44 valence electrons. The number of nitrogens with two attached hydrogens (primary N) is 1. The maximum Gasteiger partial charge on any atom is 0.264 e. The first kappa shape index (κ1) is 5.15. The van der Waals surface area contributed by atoms with E-state index in [4.69, 9.17) is 5.73 Å². The molecule has 0 aliphatic carbocycles. The van der Waals surface area contributed by atoms with Gasteiger partial charge in [-0.2, -0.15) is 0 Å². The summed E-state index contributed by atoms with van der Waals surface area (Å²) in [5.41, 5.74) is 5.49. The molecule has 3 heteroatoms. The SMILES string of the molecule is NC(=O)C1=CCCN1. The Kier molecular flexibility index (Phi) is 1.20. The Bertz CT molecular complexity index is 139. The topological polar surface area (TPSA) is 55.1 Å². The normalized spacial score (nSPS) is 17.2. The Morgan fingerprint density at radius 2 is 2.62 bits per heavy atom. The summed E-state index contributed by atoms with van der Waals surface area (Å²) < 4.78 is 0. The van der Waals surface area contributed by atoms with Crippen molar-refractivity contribution in [3.05, 3.63) is 11.8 Å². The van der Waals surface area contributed by atoms with Crippen molar-refractivity contribution < 1.29 is 4.79 Å². The lowest BCUT2D eigenvalue weighted by Gasteiger charge is -1.94. The monoisotopic (exact) mass is 112 g/mol. The van der Waals surface area contributed by atoms with Crippen LogP contribution in [-0.2, 0) is 4.79 Å². The zero-order valence-corrected chi connectivity index (χ0v) is 4.48. The largest absolute Gasteiger partial charge is 0.381 e. The Hall–Kier alpha value is -0.990. The van der Waals surface area contributed by atoms with E-state index < -0.39 is 0 Å². The van der Waals surface area contributed by atoms with Crippen molar-refractivity contribution in [1.29, 1.82) is 0 Å². The second-order valence-electron chi connectivity index (χ2n) is 1.70. The van der Waals surface area contributed by atoms with Crippen LogP contribution in [0.1, 0.15) is 6.42 Å². The Labute approximate surface area is 47.6 Å². The van der Waals surface area contributed by atoms with Crippen LogP contribution in [0.3, 0.4) is 0 Å². The van der Waals surface area contributed by atoms with Crippen molar-refractivity contribution >= 4 is 5.91 Å². The molecule has 1 amide bonds. The summed E-state index contributed by atoms with van der Waals surface area (Å²) in [6.45, 7) is 0.846. The summed E-state index contributed by atoms with van der Waals surface area (Å²) in [6, 6.07) is 0. The van der Waals surface area contributed by atoms with Crippen molar-refractivity contribution in [1.82, 2.24) is 5.32 Å².